The molecule has 1 unspecified atom stereocenters. The molecule has 4 heteroatoms. The Labute approximate surface area is 102 Å². The molecule has 0 amide bonds. The molecular formula is C12H19ClN2O. The van der Waals surface area contributed by atoms with Crippen LogP contribution in [0.1, 0.15) is 38.8 Å². The molecule has 0 bridgehead atoms. The molecule has 0 aliphatic rings. The van der Waals surface area contributed by atoms with Crippen molar-refractivity contribution >= 4 is 11.6 Å². The summed E-state index contributed by atoms with van der Waals surface area (Å²) in [6, 6.07) is 3.95. The topological polar surface area (TPSA) is 45.1 Å². The molecule has 0 saturated carbocycles. The SMILES string of the molecule is CC(NC(C)(C)CCO)c1cccnc1Cl. The van der Waals surface area contributed by atoms with Gasteiger partial charge in [-0.05, 0) is 33.3 Å². The van der Waals surface area contributed by atoms with Crippen molar-refractivity contribution in [3.05, 3.63) is 29.0 Å². The minimum Gasteiger partial charge on any atom is -0.396 e. The first-order valence-corrected chi connectivity index (χ1v) is 5.83. The molecule has 1 atom stereocenters. The summed E-state index contributed by atoms with van der Waals surface area (Å²) in [5.74, 6) is 0. The third kappa shape index (κ3) is 3.74. The lowest BCUT2D eigenvalue weighted by atomic mass is 9.98. The van der Waals surface area contributed by atoms with Gasteiger partial charge in [-0.25, -0.2) is 4.98 Å². The predicted molar refractivity (Wildman–Crippen MR) is 66.6 cm³/mol. The first kappa shape index (κ1) is 13.4. The van der Waals surface area contributed by atoms with Gasteiger partial charge in [0.05, 0.1) is 0 Å². The van der Waals surface area contributed by atoms with Crippen molar-refractivity contribution in [2.24, 2.45) is 0 Å². The monoisotopic (exact) mass is 242 g/mol. The van der Waals surface area contributed by atoms with Gasteiger partial charge in [0.25, 0.3) is 0 Å². The number of hydrogen-bond acceptors (Lipinski definition) is 3. The van der Waals surface area contributed by atoms with Gasteiger partial charge in [-0.2, -0.15) is 0 Å². The normalized spacial score (nSPS) is 13.8. The quantitative estimate of drug-likeness (QED) is 0.780. The largest absolute Gasteiger partial charge is 0.396 e. The second-order valence-electron chi connectivity index (χ2n) is 4.61. The number of pyridine rings is 1. The van der Waals surface area contributed by atoms with Crippen molar-refractivity contribution in [1.29, 1.82) is 0 Å². The summed E-state index contributed by atoms with van der Waals surface area (Å²) in [6.07, 6.45) is 2.38. The third-order valence-electron chi connectivity index (χ3n) is 2.60. The Bertz CT molecular complexity index is 342. The first-order valence-electron chi connectivity index (χ1n) is 5.45. The van der Waals surface area contributed by atoms with E-state index in [1.54, 1.807) is 6.20 Å². The third-order valence-corrected chi connectivity index (χ3v) is 2.91. The number of hydrogen-bond donors (Lipinski definition) is 2. The lowest BCUT2D eigenvalue weighted by Crippen LogP contribution is -2.41. The minimum absolute atomic E-state index is 0.114. The molecule has 0 aromatic carbocycles. The van der Waals surface area contributed by atoms with Crippen molar-refractivity contribution in [2.75, 3.05) is 6.61 Å². The summed E-state index contributed by atoms with van der Waals surface area (Å²) in [7, 11) is 0. The average molecular weight is 243 g/mol. The Hall–Kier alpha value is -0.640. The highest BCUT2D eigenvalue weighted by atomic mass is 35.5. The zero-order valence-corrected chi connectivity index (χ0v) is 10.8. The van der Waals surface area contributed by atoms with Crippen LogP contribution in [0, 0.1) is 0 Å². The van der Waals surface area contributed by atoms with Crippen LogP contribution in [-0.4, -0.2) is 22.2 Å². The Morgan fingerprint density at radius 1 is 1.56 bits per heavy atom. The average Bonchev–Trinajstić information content (AvgIpc) is 2.17. The summed E-state index contributed by atoms with van der Waals surface area (Å²) in [5.41, 5.74) is 0.864. The van der Waals surface area contributed by atoms with Crippen LogP contribution >= 0.6 is 11.6 Å². The smallest absolute Gasteiger partial charge is 0.133 e. The second-order valence-corrected chi connectivity index (χ2v) is 4.96. The molecule has 1 rings (SSSR count). The van der Waals surface area contributed by atoms with Gasteiger partial charge in [0.1, 0.15) is 5.15 Å². The molecule has 1 heterocycles. The van der Waals surface area contributed by atoms with E-state index >= 15 is 0 Å². The van der Waals surface area contributed by atoms with Crippen molar-refractivity contribution in [1.82, 2.24) is 10.3 Å². The number of halogens is 1. The number of nitrogens with one attached hydrogen (secondary N) is 1. The summed E-state index contributed by atoms with van der Waals surface area (Å²) < 4.78 is 0. The zero-order chi connectivity index (χ0) is 12.2. The van der Waals surface area contributed by atoms with Gasteiger partial charge in [0, 0.05) is 29.9 Å². The molecular weight excluding hydrogens is 224 g/mol. The van der Waals surface area contributed by atoms with Crippen LogP contribution in [0.4, 0.5) is 0 Å². The van der Waals surface area contributed by atoms with E-state index in [1.165, 1.54) is 0 Å². The van der Waals surface area contributed by atoms with Crippen LogP contribution in [0.15, 0.2) is 18.3 Å². The molecule has 0 fully saturated rings. The Morgan fingerprint density at radius 3 is 2.81 bits per heavy atom. The number of rotatable bonds is 5. The fourth-order valence-corrected chi connectivity index (χ4v) is 2.02. The minimum atomic E-state index is -0.118. The molecule has 0 spiro atoms. The van der Waals surface area contributed by atoms with Crippen LogP contribution in [0.5, 0.6) is 0 Å². The molecule has 0 aliphatic carbocycles. The summed E-state index contributed by atoms with van der Waals surface area (Å²) >= 11 is 6.02. The first-order chi connectivity index (χ1) is 7.46. The van der Waals surface area contributed by atoms with Crippen molar-refractivity contribution in [3.63, 3.8) is 0 Å². The van der Waals surface area contributed by atoms with Crippen LogP contribution in [0.2, 0.25) is 5.15 Å². The number of nitrogens with zero attached hydrogens (tertiary/aromatic N) is 1. The highest BCUT2D eigenvalue weighted by Gasteiger charge is 2.21. The van der Waals surface area contributed by atoms with Gasteiger partial charge in [-0.1, -0.05) is 17.7 Å². The van der Waals surface area contributed by atoms with E-state index in [2.05, 4.69) is 24.1 Å². The number of aromatic nitrogens is 1. The molecule has 2 N–H and O–H groups in total. The Balaban J connectivity index is 2.72. The standard InChI is InChI=1S/C12H19ClN2O/c1-9(15-12(2,3)6-8-16)10-5-4-7-14-11(10)13/h4-5,7,9,15-16H,6,8H2,1-3H3. The summed E-state index contributed by atoms with van der Waals surface area (Å²) in [4.78, 5) is 4.05. The predicted octanol–water partition coefficient (Wildman–Crippen LogP) is 2.55. The maximum atomic E-state index is 8.96. The zero-order valence-electron chi connectivity index (χ0n) is 10.00. The van der Waals surface area contributed by atoms with Crippen LogP contribution in [-0.2, 0) is 0 Å². The van der Waals surface area contributed by atoms with E-state index in [0.717, 1.165) is 5.56 Å². The molecule has 0 radical (unpaired) electrons. The highest BCUT2D eigenvalue weighted by Crippen LogP contribution is 2.23. The Kier molecular flexibility index (Phi) is 4.71. The van der Waals surface area contributed by atoms with E-state index in [9.17, 15) is 0 Å². The van der Waals surface area contributed by atoms with Gasteiger partial charge in [0.2, 0.25) is 0 Å². The van der Waals surface area contributed by atoms with Gasteiger partial charge >= 0.3 is 0 Å². The molecule has 1 aromatic rings. The fourth-order valence-electron chi connectivity index (χ4n) is 1.74. The molecule has 16 heavy (non-hydrogen) atoms. The molecule has 90 valence electrons. The highest BCUT2D eigenvalue weighted by molar-refractivity contribution is 6.30. The maximum absolute atomic E-state index is 8.96. The van der Waals surface area contributed by atoms with Gasteiger partial charge in [-0.15, -0.1) is 0 Å². The molecule has 0 aliphatic heterocycles. The molecule has 1 aromatic heterocycles. The lowest BCUT2D eigenvalue weighted by molar-refractivity contribution is 0.221. The maximum Gasteiger partial charge on any atom is 0.133 e. The number of aliphatic hydroxyl groups is 1. The summed E-state index contributed by atoms with van der Waals surface area (Å²) in [6.45, 7) is 6.34. The lowest BCUT2D eigenvalue weighted by Gasteiger charge is -2.30. The molecule has 3 nitrogen and oxygen atoms in total. The van der Waals surface area contributed by atoms with Crippen LogP contribution in [0.3, 0.4) is 0 Å². The van der Waals surface area contributed by atoms with Crippen molar-refractivity contribution < 1.29 is 5.11 Å². The summed E-state index contributed by atoms with van der Waals surface area (Å²) in [5, 5.41) is 12.9. The van der Waals surface area contributed by atoms with Crippen LogP contribution in [0.25, 0.3) is 0 Å². The van der Waals surface area contributed by atoms with E-state index in [4.69, 9.17) is 16.7 Å². The van der Waals surface area contributed by atoms with Crippen molar-refractivity contribution in [2.45, 2.75) is 38.8 Å². The van der Waals surface area contributed by atoms with E-state index in [-0.39, 0.29) is 18.2 Å². The van der Waals surface area contributed by atoms with E-state index in [1.807, 2.05) is 19.1 Å². The second kappa shape index (κ2) is 5.62. The molecule has 0 saturated heterocycles. The Morgan fingerprint density at radius 2 is 2.25 bits per heavy atom. The van der Waals surface area contributed by atoms with Crippen molar-refractivity contribution in [3.8, 4) is 0 Å². The van der Waals surface area contributed by atoms with Gasteiger partial charge < -0.3 is 10.4 Å². The van der Waals surface area contributed by atoms with Crippen LogP contribution < -0.4 is 5.32 Å². The van der Waals surface area contributed by atoms with Gasteiger partial charge in [-0.3, -0.25) is 0 Å². The van der Waals surface area contributed by atoms with Gasteiger partial charge in [0.15, 0.2) is 0 Å². The number of aliphatic hydroxyl groups excluding tert-OH is 1. The van der Waals surface area contributed by atoms with E-state index in [0.29, 0.717) is 11.6 Å². The fraction of sp³-hybridized carbons (Fsp3) is 0.583. The van der Waals surface area contributed by atoms with E-state index < -0.39 is 0 Å².